The van der Waals surface area contributed by atoms with E-state index in [9.17, 15) is 14.4 Å². The number of anilines is 2. The van der Waals surface area contributed by atoms with Crippen LogP contribution in [-0.2, 0) is 20.7 Å². The number of benzene rings is 2. The van der Waals surface area contributed by atoms with E-state index in [1.807, 2.05) is 31.2 Å². The largest absolute Gasteiger partial charge is 0.462 e. The van der Waals surface area contributed by atoms with E-state index in [2.05, 4.69) is 10.6 Å². The maximum Gasteiger partial charge on any atom is 0.338 e. The standard InChI is InChI=1S/C22H27N3O4/c1-4-16-8-6-7-9-19(16)24-21(27)15-25(3)14-20(26)23-18-12-10-17(11-13-18)22(28)29-5-2/h6-13H,4-5,14-15H2,1-3H3,(H,23,26)(H,24,27). The molecule has 7 nitrogen and oxygen atoms in total. The van der Waals surface area contributed by atoms with Gasteiger partial charge < -0.3 is 15.4 Å². The molecule has 0 aromatic heterocycles. The zero-order valence-corrected chi connectivity index (χ0v) is 17.0. The van der Waals surface area contributed by atoms with Gasteiger partial charge in [-0.3, -0.25) is 14.5 Å². The average molecular weight is 397 g/mol. The van der Waals surface area contributed by atoms with Crippen molar-refractivity contribution in [1.29, 1.82) is 0 Å². The number of likely N-dealkylation sites (N-methyl/N-ethyl adjacent to an activating group) is 1. The first-order chi connectivity index (χ1) is 13.9. The summed E-state index contributed by atoms with van der Waals surface area (Å²) < 4.78 is 4.92. The third-order valence-electron chi connectivity index (χ3n) is 4.18. The van der Waals surface area contributed by atoms with E-state index in [4.69, 9.17) is 4.74 Å². The number of ether oxygens (including phenoxy) is 1. The zero-order valence-electron chi connectivity index (χ0n) is 17.0. The number of carbonyl (C=O) groups excluding carboxylic acids is 3. The lowest BCUT2D eigenvalue weighted by Crippen LogP contribution is -2.36. The van der Waals surface area contributed by atoms with Gasteiger partial charge in [-0.1, -0.05) is 25.1 Å². The minimum Gasteiger partial charge on any atom is -0.462 e. The molecule has 0 saturated carbocycles. The third kappa shape index (κ3) is 7.04. The normalized spacial score (nSPS) is 10.5. The first-order valence-electron chi connectivity index (χ1n) is 9.56. The summed E-state index contributed by atoms with van der Waals surface area (Å²) in [6, 6.07) is 14.1. The summed E-state index contributed by atoms with van der Waals surface area (Å²) in [5.41, 5.74) is 2.84. The van der Waals surface area contributed by atoms with E-state index >= 15 is 0 Å². The van der Waals surface area contributed by atoms with Crippen LogP contribution in [0.15, 0.2) is 48.5 Å². The lowest BCUT2D eigenvalue weighted by atomic mass is 10.1. The van der Waals surface area contributed by atoms with E-state index in [0.717, 1.165) is 17.7 Å². The van der Waals surface area contributed by atoms with Gasteiger partial charge in [0.05, 0.1) is 25.3 Å². The number of esters is 1. The molecule has 0 aliphatic rings. The Hall–Kier alpha value is -3.19. The average Bonchev–Trinajstić information content (AvgIpc) is 2.68. The molecular formula is C22H27N3O4. The molecule has 0 saturated heterocycles. The Morgan fingerprint density at radius 3 is 2.14 bits per heavy atom. The Morgan fingerprint density at radius 1 is 0.897 bits per heavy atom. The Bertz CT molecular complexity index is 849. The first kappa shape index (κ1) is 22.1. The third-order valence-corrected chi connectivity index (χ3v) is 4.18. The monoisotopic (exact) mass is 397 g/mol. The van der Waals surface area contributed by atoms with Gasteiger partial charge in [-0.2, -0.15) is 0 Å². The molecule has 2 aromatic rings. The summed E-state index contributed by atoms with van der Waals surface area (Å²) in [6.45, 7) is 4.23. The van der Waals surface area contributed by atoms with E-state index in [-0.39, 0.29) is 24.9 Å². The number of amides is 2. The van der Waals surface area contributed by atoms with E-state index in [0.29, 0.717) is 17.9 Å². The molecule has 2 rings (SSSR count). The minimum absolute atomic E-state index is 0.0580. The van der Waals surface area contributed by atoms with Crippen molar-refractivity contribution < 1.29 is 19.1 Å². The van der Waals surface area contributed by atoms with Crippen LogP contribution < -0.4 is 10.6 Å². The highest BCUT2D eigenvalue weighted by Crippen LogP contribution is 2.15. The zero-order chi connectivity index (χ0) is 21.2. The molecule has 29 heavy (non-hydrogen) atoms. The lowest BCUT2D eigenvalue weighted by Gasteiger charge is -2.17. The van der Waals surface area contributed by atoms with E-state index < -0.39 is 5.97 Å². The van der Waals surface area contributed by atoms with Crippen LogP contribution in [0.5, 0.6) is 0 Å². The van der Waals surface area contributed by atoms with Crippen molar-refractivity contribution in [3.63, 3.8) is 0 Å². The second kappa shape index (κ2) is 11.0. The van der Waals surface area contributed by atoms with E-state index in [1.54, 1.807) is 43.1 Å². The number of nitrogens with zero attached hydrogens (tertiary/aromatic N) is 1. The maximum absolute atomic E-state index is 12.3. The SMILES string of the molecule is CCOC(=O)c1ccc(NC(=O)CN(C)CC(=O)Nc2ccccc2CC)cc1. The van der Waals surface area contributed by atoms with Crippen molar-refractivity contribution in [2.75, 3.05) is 37.4 Å². The molecule has 0 heterocycles. The summed E-state index contributed by atoms with van der Waals surface area (Å²) in [5.74, 6) is -0.834. The van der Waals surface area contributed by atoms with Gasteiger partial charge in [-0.05, 0) is 56.3 Å². The summed E-state index contributed by atoms with van der Waals surface area (Å²) in [4.78, 5) is 37.7. The van der Waals surface area contributed by atoms with Gasteiger partial charge in [0.1, 0.15) is 0 Å². The molecule has 154 valence electrons. The quantitative estimate of drug-likeness (QED) is 0.635. The van der Waals surface area contributed by atoms with Gasteiger partial charge in [-0.15, -0.1) is 0 Å². The van der Waals surface area contributed by atoms with Crippen molar-refractivity contribution >= 4 is 29.2 Å². The number of hydrogen-bond acceptors (Lipinski definition) is 5. The van der Waals surface area contributed by atoms with Crippen molar-refractivity contribution in [2.45, 2.75) is 20.3 Å². The van der Waals surface area contributed by atoms with Crippen LogP contribution in [0.1, 0.15) is 29.8 Å². The predicted molar refractivity (Wildman–Crippen MR) is 113 cm³/mol. The molecule has 0 fully saturated rings. The van der Waals surface area contributed by atoms with Crippen molar-refractivity contribution in [3.8, 4) is 0 Å². The molecule has 0 spiro atoms. The van der Waals surface area contributed by atoms with Crippen molar-refractivity contribution in [2.24, 2.45) is 0 Å². The predicted octanol–water partition coefficient (Wildman–Crippen LogP) is 2.93. The fraction of sp³-hybridized carbons (Fsp3) is 0.318. The van der Waals surface area contributed by atoms with Crippen molar-refractivity contribution in [1.82, 2.24) is 4.90 Å². The lowest BCUT2D eigenvalue weighted by molar-refractivity contribution is -0.119. The molecule has 2 amide bonds. The number of carbonyl (C=O) groups is 3. The summed E-state index contributed by atoms with van der Waals surface area (Å²) in [7, 11) is 1.70. The van der Waals surface area contributed by atoms with Crippen LogP contribution in [0.3, 0.4) is 0 Å². The minimum atomic E-state index is -0.402. The van der Waals surface area contributed by atoms with Crippen LogP contribution >= 0.6 is 0 Å². The van der Waals surface area contributed by atoms with Crippen LogP contribution in [0.25, 0.3) is 0 Å². The highest BCUT2D eigenvalue weighted by Gasteiger charge is 2.13. The number of hydrogen-bond donors (Lipinski definition) is 2. The fourth-order valence-electron chi connectivity index (χ4n) is 2.79. The second-order valence-corrected chi connectivity index (χ2v) is 6.58. The number of rotatable bonds is 9. The van der Waals surface area contributed by atoms with Gasteiger partial charge in [0.2, 0.25) is 11.8 Å². The Labute approximate surface area is 171 Å². The number of nitrogens with one attached hydrogen (secondary N) is 2. The first-order valence-corrected chi connectivity index (χ1v) is 9.56. The highest BCUT2D eigenvalue weighted by atomic mass is 16.5. The van der Waals surface area contributed by atoms with Gasteiger partial charge >= 0.3 is 5.97 Å². The molecule has 0 bridgehead atoms. The fourth-order valence-corrected chi connectivity index (χ4v) is 2.79. The van der Waals surface area contributed by atoms with Crippen LogP contribution in [-0.4, -0.2) is 49.4 Å². The Balaban J connectivity index is 1.82. The summed E-state index contributed by atoms with van der Waals surface area (Å²) >= 11 is 0. The molecule has 0 atom stereocenters. The molecule has 2 N–H and O–H groups in total. The molecule has 0 aliphatic heterocycles. The highest BCUT2D eigenvalue weighted by molar-refractivity contribution is 5.95. The molecule has 2 aromatic carbocycles. The second-order valence-electron chi connectivity index (χ2n) is 6.58. The van der Waals surface area contributed by atoms with Gasteiger partial charge in [0.15, 0.2) is 0 Å². The molecular weight excluding hydrogens is 370 g/mol. The molecule has 0 radical (unpaired) electrons. The summed E-state index contributed by atoms with van der Waals surface area (Å²) in [5, 5.41) is 5.63. The van der Waals surface area contributed by atoms with E-state index in [1.165, 1.54) is 0 Å². The van der Waals surface area contributed by atoms with Gasteiger partial charge in [0, 0.05) is 11.4 Å². The van der Waals surface area contributed by atoms with Gasteiger partial charge in [-0.25, -0.2) is 4.79 Å². The van der Waals surface area contributed by atoms with Gasteiger partial charge in [0.25, 0.3) is 0 Å². The molecule has 0 unspecified atom stereocenters. The topological polar surface area (TPSA) is 87.7 Å². The maximum atomic E-state index is 12.3. The summed E-state index contributed by atoms with van der Waals surface area (Å²) in [6.07, 6.45) is 0.823. The Morgan fingerprint density at radius 2 is 1.52 bits per heavy atom. The number of para-hydroxylation sites is 1. The number of aryl methyl sites for hydroxylation is 1. The van der Waals surface area contributed by atoms with Crippen LogP contribution in [0.4, 0.5) is 11.4 Å². The smallest absolute Gasteiger partial charge is 0.338 e. The molecule has 0 aliphatic carbocycles. The van der Waals surface area contributed by atoms with Crippen molar-refractivity contribution in [3.05, 3.63) is 59.7 Å². The van der Waals surface area contributed by atoms with Crippen LogP contribution in [0, 0.1) is 0 Å². The van der Waals surface area contributed by atoms with Crippen LogP contribution in [0.2, 0.25) is 0 Å². The Kier molecular flexibility index (Phi) is 8.36. The molecule has 7 heteroatoms.